The fourth-order valence-corrected chi connectivity index (χ4v) is 2.04. The van der Waals surface area contributed by atoms with Crippen LogP contribution in [0.25, 0.3) is 0 Å². The summed E-state index contributed by atoms with van der Waals surface area (Å²) in [4.78, 5) is 15.9. The number of carbonyl (C=O) groups is 1. The lowest BCUT2D eigenvalue weighted by atomic mass is 10.1. The first-order chi connectivity index (χ1) is 10.9. The van der Waals surface area contributed by atoms with Crippen LogP contribution in [-0.2, 0) is 6.54 Å². The highest BCUT2D eigenvalue weighted by molar-refractivity contribution is 5.89. The molecule has 0 aliphatic rings. The summed E-state index contributed by atoms with van der Waals surface area (Å²) in [6.07, 6.45) is 1.83. The van der Waals surface area contributed by atoms with Crippen molar-refractivity contribution in [2.24, 2.45) is 0 Å². The molecule has 0 unspecified atom stereocenters. The standard InChI is InChI=1S/C14H16F3N5O/c1-2-12(10-3-5-18-6-4-10)21-13(23)20-11-7-19-22(8-11)9-14(15,16)17/h3-8,12H,2,9H2,1H3,(H2,20,21,23)/t12-/m0/s1. The quantitative estimate of drug-likeness (QED) is 0.886. The van der Waals surface area contributed by atoms with E-state index in [0.717, 1.165) is 16.4 Å². The lowest BCUT2D eigenvalue weighted by Crippen LogP contribution is -2.32. The van der Waals surface area contributed by atoms with E-state index in [-0.39, 0.29) is 11.7 Å². The van der Waals surface area contributed by atoms with Crippen LogP contribution in [0.15, 0.2) is 36.9 Å². The molecule has 2 amide bonds. The molecule has 0 aliphatic heterocycles. The Labute approximate surface area is 130 Å². The SMILES string of the molecule is CC[C@H](NC(=O)Nc1cnn(CC(F)(F)F)c1)c1ccncc1. The highest BCUT2D eigenvalue weighted by Crippen LogP contribution is 2.18. The van der Waals surface area contributed by atoms with E-state index in [0.29, 0.717) is 6.42 Å². The van der Waals surface area contributed by atoms with Crippen molar-refractivity contribution in [3.8, 4) is 0 Å². The third kappa shape index (κ3) is 5.28. The number of pyridine rings is 1. The smallest absolute Gasteiger partial charge is 0.331 e. The number of hydrogen-bond acceptors (Lipinski definition) is 3. The number of nitrogens with one attached hydrogen (secondary N) is 2. The molecule has 2 aromatic rings. The van der Waals surface area contributed by atoms with Crippen LogP contribution in [0.5, 0.6) is 0 Å². The van der Waals surface area contributed by atoms with Gasteiger partial charge in [-0.15, -0.1) is 0 Å². The molecule has 23 heavy (non-hydrogen) atoms. The first-order valence-electron chi connectivity index (χ1n) is 6.94. The van der Waals surface area contributed by atoms with Crippen molar-refractivity contribution in [1.82, 2.24) is 20.1 Å². The van der Waals surface area contributed by atoms with E-state index in [2.05, 4.69) is 20.7 Å². The molecule has 0 saturated heterocycles. The molecule has 6 nitrogen and oxygen atoms in total. The van der Waals surface area contributed by atoms with Crippen molar-refractivity contribution in [3.05, 3.63) is 42.5 Å². The predicted molar refractivity (Wildman–Crippen MR) is 77.7 cm³/mol. The fraction of sp³-hybridized carbons (Fsp3) is 0.357. The van der Waals surface area contributed by atoms with Crippen LogP contribution in [0, 0.1) is 0 Å². The minimum atomic E-state index is -4.36. The van der Waals surface area contributed by atoms with Crippen molar-refractivity contribution < 1.29 is 18.0 Å². The molecule has 0 radical (unpaired) electrons. The maximum absolute atomic E-state index is 12.3. The second-order valence-corrected chi connectivity index (χ2v) is 4.88. The van der Waals surface area contributed by atoms with E-state index >= 15 is 0 Å². The van der Waals surface area contributed by atoms with Gasteiger partial charge in [-0.05, 0) is 24.1 Å². The van der Waals surface area contributed by atoms with Crippen LogP contribution in [0.1, 0.15) is 24.9 Å². The van der Waals surface area contributed by atoms with Crippen LogP contribution in [0.2, 0.25) is 0 Å². The number of urea groups is 1. The Kier molecular flexibility index (Phi) is 5.20. The van der Waals surface area contributed by atoms with Crippen LogP contribution in [-0.4, -0.2) is 27.0 Å². The monoisotopic (exact) mass is 327 g/mol. The number of amides is 2. The van der Waals surface area contributed by atoms with E-state index in [1.165, 1.54) is 6.20 Å². The average molecular weight is 327 g/mol. The summed E-state index contributed by atoms with van der Waals surface area (Å²) in [6, 6.07) is 2.84. The molecular formula is C14H16F3N5O. The van der Waals surface area contributed by atoms with Gasteiger partial charge in [0.25, 0.3) is 0 Å². The van der Waals surface area contributed by atoms with Gasteiger partial charge in [-0.25, -0.2) is 4.79 Å². The van der Waals surface area contributed by atoms with Gasteiger partial charge < -0.3 is 10.6 Å². The average Bonchev–Trinajstić information content (AvgIpc) is 2.90. The normalized spacial score (nSPS) is 12.7. The Balaban J connectivity index is 1.94. The van der Waals surface area contributed by atoms with Crippen molar-refractivity contribution in [1.29, 1.82) is 0 Å². The molecule has 0 bridgehead atoms. The summed E-state index contributed by atoms with van der Waals surface area (Å²) < 4.78 is 37.5. The number of rotatable bonds is 5. The number of nitrogens with zero attached hydrogens (tertiary/aromatic N) is 3. The molecule has 0 fully saturated rings. The maximum Gasteiger partial charge on any atom is 0.408 e. The van der Waals surface area contributed by atoms with E-state index in [9.17, 15) is 18.0 Å². The topological polar surface area (TPSA) is 71.8 Å². The maximum atomic E-state index is 12.3. The number of carbonyl (C=O) groups excluding carboxylic acids is 1. The van der Waals surface area contributed by atoms with E-state index in [4.69, 9.17) is 0 Å². The molecule has 9 heteroatoms. The van der Waals surface area contributed by atoms with Gasteiger partial charge >= 0.3 is 12.2 Å². The molecule has 124 valence electrons. The molecular weight excluding hydrogens is 311 g/mol. The predicted octanol–water partition coefficient (Wildman–Crippen LogP) is 3.11. The third-order valence-electron chi connectivity index (χ3n) is 3.05. The molecule has 0 spiro atoms. The van der Waals surface area contributed by atoms with Crippen LogP contribution >= 0.6 is 0 Å². The van der Waals surface area contributed by atoms with Crippen LogP contribution in [0.4, 0.5) is 23.7 Å². The zero-order valence-corrected chi connectivity index (χ0v) is 12.3. The zero-order chi connectivity index (χ0) is 16.9. The van der Waals surface area contributed by atoms with E-state index in [1.807, 2.05) is 6.92 Å². The Hall–Kier alpha value is -2.58. The summed E-state index contributed by atoms with van der Waals surface area (Å²) >= 11 is 0. The largest absolute Gasteiger partial charge is 0.408 e. The number of anilines is 1. The summed E-state index contributed by atoms with van der Waals surface area (Å²) in [6.45, 7) is 0.706. The van der Waals surface area contributed by atoms with Gasteiger partial charge in [0, 0.05) is 18.6 Å². The van der Waals surface area contributed by atoms with Gasteiger partial charge in [0.1, 0.15) is 6.54 Å². The third-order valence-corrected chi connectivity index (χ3v) is 3.05. The Morgan fingerprint density at radius 2 is 2.04 bits per heavy atom. The number of halogens is 3. The molecule has 2 aromatic heterocycles. The molecule has 2 N–H and O–H groups in total. The van der Waals surface area contributed by atoms with Crippen molar-refractivity contribution >= 4 is 11.7 Å². The van der Waals surface area contributed by atoms with Gasteiger partial charge in [0.2, 0.25) is 0 Å². The first kappa shape index (κ1) is 16.8. The highest BCUT2D eigenvalue weighted by atomic mass is 19.4. The number of alkyl halides is 3. The Morgan fingerprint density at radius 3 is 2.65 bits per heavy atom. The first-order valence-corrected chi connectivity index (χ1v) is 6.94. The van der Waals surface area contributed by atoms with E-state index < -0.39 is 18.8 Å². The Morgan fingerprint density at radius 1 is 1.35 bits per heavy atom. The van der Waals surface area contributed by atoms with Gasteiger partial charge in [0.05, 0.1) is 17.9 Å². The molecule has 0 aromatic carbocycles. The van der Waals surface area contributed by atoms with Gasteiger partial charge in [-0.1, -0.05) is 6.92 Å². The fourth-order valence-electron chi connectivity index (χ4n) is 2.04. The lowest BCUT2D eigenvalue weighted by Gasteiger charge is -2.17. The summed E-state index contributed by atoms with van der Waals surface area (Å²) in [7, 11) is 0. The molecule has 1 atom stereocenters. The van der Waals surface area contributed by atoms with Gasteiger partial charge in [-0.2, -0.15) is 18.3 Å². The minimum absolute atomic E-state index is 0.191. The zero-order valence-electron chi connectivity index (χ0n) is 12.3. The summed E-state index contributed by atoms with van der Waals surface area (Å²) in [5.41, 5.74) is 1.08. The van der Waals surface area contributed by atoms with E-state index in [1.54, 1.807) is 24.5 Å². The number of hydrogen-bond donors (Lipinski definition) is 2. The van der Waals surface area contributed by atoms with Gasteiger partial charge in [0.15, 0.2) is 0 Å². The van der Waals surface area contributed by atoms with Crippen molar-refractivity contribution in [2.45, 2.75) is 32.1 Å². The molecule has 2 rings (SSSR count). The minimum Gasteiger partial charge on any atom is -0.331 e. The highest BCUT2D eigenvalue weighted by Gasteiger charge is 2.28. The van der Waals surface area contributed by atoms with Crippen molar-refractivity contribution in [2.75, 3.05) is 5.32 Å². The second-order valence-electron chi connectivity index (χ2n) is 4.88. The van der Waals surface area contributed by atoms with Gasteiger partial charge in [-0.3, -0.25) is 9.67 Å². The summed E-state index contributed by atoms with van der Waals surface area (Å²) in [5, 5.41) is 8.78. The van der Waals surface area contributed by atoms with Crippen LogP contribution < -0.4 is 10.6 Å². The van der Waals surface area contributed by atoms with Crippen molar-refractivity contribution in [3.63, 3.8) is 0 Å². The Bertz CT molecular complexity index is 641. The molecule has 0 saturated carbocycles. The lowest BCUT2D eigenvalue weighted by molar-refractivity contribution is -0.142. The number of aromatic nitrogens is 3. The second kappa shape index (κ2) is 7.12. The molecule has 2 heterocycles. The van der Waals surface area contributed by atoms with Crippen LogP contribution in [0.3, 0.4) is 0 Å². The molecule has 0 aliphatic carbocycles. The summed E-state index contributed by atoms with van der Waals surface area (Å²) in [5.74, 6) is 0.